The number of rotatable bonds is 7. The van der Waals surface area contributed by atoms with Crippen molar-refractivity contribution in [2.75, 3.05) is 26.3 Å². The number of ether oxygens (including phenoxy) is 2. The second-order valence-electron chi connectivity index (χ2n) is 7.59. The van der Waals surface area contributed by atoms with Gasteiger partial charge in [-0.3, -0.25) is 9.59 Å². The maximum Gasteiger partial charge on any atom is 0.223 e. The zero-order chi connectivity index (χ0) is 19.3. The molecule has 1 saturated heterocycles. The second kappa shape index (κ2) is 8.69. The van der Waals surface area contributed by atoms with E-state index in [1.165, 1.54) is 37.1 Å². The van der Waals surface area contributed by atoms with Gasteiger partial charge in [0.05, 0.1) is 19.6 Å². The molecule has 1 aromatic rings. The van der Waals surface area contributed by atoms with Gasteiger partial charge in [0, 0.05) is 13.0 Å². The van der Waals surface area contributed by atoms with E-state index >= 15 is 0 Å². The molecule has 2 fully saturated rings. The number of carbonyl (C=O) groups excluding carboxylic acids is 2. The number of benzene rings is 1. The van der Waals surface area contributed by atoms with Crippen LogP contribution in [-0.4, -0.2) is 48.6 Å². The molecule has 2 amide bonds. The Morgan fingerprint density at radius 2 is 1.96 bits per heavy atom. The van der Waals surface area contributed by atoms with Gasteiger partial charge in [0.1, 0.15) is 23.8 Å². The van der Waals surface area contributed by atoms with Crippen molar-refractivity contribution in [3.8, 4) is 5.75 Å². The Bertz CT molecular complexity index is 660. The number of nitrogens with two attached hydrogens (primary N) is 1. The van der Waals surface area contributed by atoms with Crippen LogP contribution in [0, 0.1) is 11.7 Å². The molecule has 1 saturated carbocycles. The third kappa shape index (κ3) is 5.42. The van der Waals surface area contributed by atoms with Crippen molar-refractivity contribution in [3.63, 3.8) is 0 Å². The first-order chi connectivity index (χ1) is 13.0. The van der Waals surface area contributed by atoms with Gasteiger partial charge in [-0.2, -0.15) is 0 Å². The van der Waals surface area contributed by atoms with Gasteiger partial charge in [0.2, 0.25) is 11.8 Å². The van der Waals surface area contributed by atoms with Gasteiger partial charge < -0.3 is 20.1 Å². The minimum absolute atomic E-state index is 0.0403. The Morgan fingerprint density at radius 3 is 2.63 bits per heavy atom. The molecule has 1 aromatic carbocycles. The average molecular weight is 378 g/mol. The summed E-state index contributed by atoms with van der Waals surface area (Å²) in [5, 5.41) is 0. The summed E-state index contributed by atoms with van der Waals surface area (Å²) in [6, 6.07) is 5.63. The molecule has 2 aliphatic rings. The number of hydrogen-bond donors (Lipinski definition) is 1. The van der Waals surface area contributed by atoms with Crippen LogP contribution in [-0.2, 0) is 14.3 Å². The number of halogens is 1. The second-order valence-corrected chi connectivity index (χ2v) is 7.59. The Morgan fingerprint density at radius 1 is 1.26 bits per heavy atom. The molecule has 1 aliphatic carbocycles. The van der Waals surface area contributed by atoms with Gasteiger partial charge in [0.15, 0.2) is 0 Å². The van der Waals surface area contributed by atoms with Gasteiger partial charge in [-0.05, 0) is 43.0 Å². The Labute approximate surface area is 158 Å². The molecule has 7 heteroatoms. The van der Waals surface area contributed by atoms with Crippen LogP contribution in [0.5, 0.6) is 5.75 Å². The van der Waals surface area contributed by atoms with Gasteiger partial charge >= 0.3 is 0 Å². The molecule has 1 atom stereocenters. The minimum Gasteiger partial charge on any atom is -0.490 e. The van der Waals surface area contributed by atoms with E-state index in [-0.39, 0.29) is 31.3 Å². The molecule has 1 unspecified atom stereocenters. The highest BCUT2D eigenvalue weighted by Gasteiger charge is 2.41. The lowest BCUT2D eigenvalue weighted by atomic mass is 9.96. The first-order valence-corrected chi connectivity index (χ1v) is 9.54. The Hall–Kier alpha value is -2.15. The Kier molecular flexibility index (Phi) is 6.31. The fourth-order valence-corrected chi connectivity index (χ4v) is 3.96. The molecule has 1 aliphatic heterocycles. The highest BCUT2D eigenvalue weighted by Crippen LogP contribution is 2.30. The summed E-state index contributed by atoms with van der Waals surface area (Å²) in [6.45, 7) is 1.16. The number of nitrogens with zero attached hydrogens (tertiary/aromatic N) is 1. The van der Waals surface area contributed by atoms with Crippen molar-refractivity contribution in [2.45, 2.75) is 44.1 Å². The summed E-state index contributed by atoms with van der Waals surface area (Å²) in [7, 11) is 0. The molecule has 0 aromatic heterocycles. The summed E-state index contributed by atoms with van der Waals surface area (Å²) in [4.78, 5) is 26.1. The lowest BCUT2D eigenvalue weighted by molar-refractivity contribution is -0.162. The molecule has 148 valence electrons. The summed E-state index contributed by atoms with van der Waals surface area (Å²) in [5.41, 5.74) is 4.44. The number of morpholine rings is 1. The highest BCUT2D eigenvalue weighted by atomic mass is 19.1. The molecule has 0 bridgehead atoms. The molecular formula is C20H27FN2O4. The SMILES string of the molecule is NC(=O)CC1(COc2ccc(F)cc2)CN(C(=O)CC2CCCC2)CCO1. The minimum atomic E-state index is -0.982. The van der Waals surface area contributed by atoms with Crippen LogP contribution in [0.15, 0.2) is 24.3 Å². The van der Waals surface area contributed by atoms with Crippen molar-refractivity contribution in [1.82, 2.24) is 4.90 Å². The van der Waals surface area contributed by atoms with Crippen LogP contribution in [0.4, 0.5) is 4.39 Å². The van der Waals surface area contributed by atoms with Crippen LogP contribution >= 0.6 is 0 Å². The lowest BCUT2D eigenvalue weighted by Gasteiger charge is -2.42. The van der Waals surface area contributed by atoms with E-state index in [0.717, 1.165) is 12.8 Å². The molecule has 0 spiro atoms. The normalized spacial score (nSPS) is 23.4. The van der Waals surface area contributed by atoms with E-state index < -0.39 is 11.5 Å². The number of amides is 2. The van der Waals surface area contributed by atoms with Crippen LogP contribution < -0.4 is 10.5 Å². The number of hydrogen-bond acceptors (Lipinski definition) is 4. The number of primary amides is 1. The van der Waals surface area contributed by atoms with Crippen molar-refractivity contribution in [2.24, 2.45) is 11.7 Å². The quantitative estimate of drug-likeness (QED) is 0.789. The largest absolute Gasteiger partial charge is 0.490 e. The summed E-state index contributed by atoms with van der Waals surface area (Å²) >= 11 is 0. The first kappa shape index (κ1) is 19.6. The van der Waals surface area contributed by atoms with Crippen molar-refractivity contribution < 1.29 is 23.5 Å². The van der Waals surface area contributed by atoms with E-state index in [1.807, 2.05) is 0 Å². The fraction of sp³-hybridized carbons (Fsp3) is 0.600. The zero-order valence-electron chi connectivity index (χ0n) is 15.5. The van der Waals surface area contributed by atoms with Gasteiger partial charge in [0.25, 0.3) is 0 Å². The molecule has 2 N–H and O–H groups in total. The summed E-state index contributed by atoms with van der Waals surface area (Å²) in [5.74, 6) is 0.162. The molecular weight excluding hydrogens is 351 g/mol. The van der Waals surface area contributed by atoms with E-state index in [9.17, 15) is 14.0 Å². The molecule has 0 radical (unpaired) electrons. The van der Waals surface area contributed by atoms with Gasteiger partial charge in [-0.1, -0.05) is 12.8 Å². The summed E-state index contributed by atoms with van der Waals surface area (Å²) in [6.07, 6.45) is 5.11. The van der Waals surface area contributed by atoms with Crippen LogP contribution in [0.25, 0.3) is 0 Å². The predicted octanol–water partition coefficient (Wildman–Crippen LogP) is 2.26. The fourth-order valence-electron chi connectivity index (χ4n) is 3.96. The van der Waals surface area contributed by atoms with Gasteiger partial charge in [-0.25, -0.2) is 4.39 Å². The van der Waals surface area contributed by atoms with E-state index in [2.05, 4.69) is 0 Å². The first-order valence-electron chi connectivity index (χ1n) is 9.54. The lowest BCUT2D eigenvalue weighted by Crippen LogP contribution is -2.58. The highest BCUT2D eigenvalue weighted by molar-refractivity contribution is 5.78. The Balaban J connectivity index is 1.65. The van der Waals surface area contributed by atoms with Crippen molar-refractivity contribution in [1.29, 1.82) is 0 Å². The molecule has 3 rings (SSSR count). The number of carbonyl (C=O) groups is 2. The maximum absolute atomic E-state index is 13.1. The molecule has 27 heavy (non-hydrogen) atoms. The zero-order valence-corrected chi connectivity index (χ0v) is 15.5. The monoisotopic (exact) mass is 378 g/mol. The van der Waals surface area contributed by atoms with Crippen molar-refractivity contribution in [3.05, 3.63) is 30.1 Å². The van der Waals surface area contributed by atoms with E-state index in [0.29, 0.717) is 31.2 Å². The third-order valence-corrected chi connectivity index (χ3v) is 5.35. The maximum atomic E-state index is 13.1. The van der Waals surface area contributed by atoms with Gasteiger partial charge in [-0.15, -0.1) is 0 Å². The molecule has 6 nitrogen and oxygen atoms in total. The standard InChI is InChI=1S/C20H27FN2O4/c21-16-5-7-17(8-6-16)26-14-20(12-18(22)24)13-23(9-10-27-20)19(25)11-15-3-1-2-4-15/h5-8,15H,1-4,9-14H2,(H2,22,24). The van der Waals surface area contributed by atoms with E-state index in [4.69, 9.17) is 15.2 Å². The van der Waals surface area contributed by atoms with Crippen LogP contribution in [0.1, 0.15) is 38.5 Å². The predicted molar refractivity (Wildman–Crippen MR) is 97.5 cm³/mol. The van der Waals surface area contributed by atoms with Crippen LogP contribution in [0.3, 0.4) is 0 Å². The topological polar surface area (TPSA) is 81.9 Å². The molecule has 1 heterocycles. The van der Waals surface area contributed by atoms with Crippen LogP contribution in [0.2, 0.25) is 0 Å². The van der Waals surface area contributed by atoms with E-state index in [1.54, 1.807) is 4.90 Å². The van der Waals surface area contributed by atoms with Crippen molar-refractivity contribution >= 4 is 11.8 Å². The smallest absolute Gasteiger partial charge is 0.223 e. The average Bonchev–Trinajstić information content (AvgIpc) is 3.14. The third-order valence-electron chi connectivity index (χ3n) is 5.35. The summed E-state index contributed by atoms with van der Waals surface area (Å²) < 4.78 is 24.7.